The van der Waals surface area contributed by atoms with Crippen LogP contribution in [0.3, 0.4) is 0 Å². The van der Waals surface area contributed by atoms with Gasteiger partial charge in [-0.05, 0) is 80.8 Å². The molecule has 1 saturated heterocycles. The molecule has 1 N–H and O–H groups in total. The molecule has 3 rings (SSSR count). The Morgan fingerprint density at radius 3 is 2.60 bits per heavy atom. The summed E-state index contributed by atoms with van der Waals surface area (Å²) < 4.78 is 6.06. The molecular formula is C26H36N2O2. The quantitative estimate of drug-likeness (QED) is 0.651. The fourth-order valence-electron chi connectivity index (χ4n) is 4.11. The highest BCUT2D eigenvalue weighted by Gasteiger charge is 2.22. The Morgan fingerprint density at radius 1 is 1.20 bits per heavy atom. The van der Waals surface area contributed by atoms with Crippen molar-refractivity contribution in [2.75, 3.05) is 18.0 Å². The fraction of sp³-hybridized carbons (Fsp3) is 0.500. The van der Waals surface area contributed by atoms with Gasteiger partial charge in [0.2, 0.25) is 0 Å². The van der Waals surface area contributed by atoms with Crippen molar-refractivity contribution in [3.63, 3.8) is 0 Å². The van der Waals surface area contributed by atoms with E-state index in [-0.39, 0.29) is 11.9 Å². The molecule has 3 atom stereocenters. The summed E-state index contributed by atoms with van der Waals surface area (Å²) in [5.74, 6) is 1.46. The third kappa shape index (κ3) is 5.35. The minimum Gasteiger partial charge on any atom is -0.480 e. The van der Waals surface area contributed by atoms with Crippen molar-refractivity contribution in [1.29, 1.82) is 0 Å². The Hall–Kier alpha value is -2.49. The summed E-state index contributed by atoms with van der Waals surface area (Å²) >= 11 is 0. The van der Waals surface area contributed by atoms with Crippen LogP contribution in [0.15, 0.2) is 42.5 Å². The maximum atomic E-state index is 12.9. The van der Waals surface area contributed by atoms with Crippen molar-refractivity contribution in [2.45, 2.75) is 66.0 Å². The molecule has 1 heterocycles. The summed E-state index contributed by atoms with van der Waals surface area (Å²) in [5, 5.41) is 3.13. The molecule has 0 spiro atoms. The van der Waals surface area contributed by atoms with Crippen molar-refractivity contribution < 1.29 is 9.53 Å². The Balaban J connectivity index is 1.61. The van der Waals surface area contributed by atoms with Gasteiger partial charge in [0.25, 0.3) is 5.91 Å². The van der Waals surface area contributed by atoms with Gasteiger partial charge in [-0.3, -0.25) is 4.79 Å². The molecule has 4 heteroatoms. The number of aryl methyl sites for hydroxylation is 1. The average Bonchev–Trinajstić information content (AvgIpc) is 2.74. The molecule has 2 aromatic rings. The molecule has 1 fully saturated rings. The van der Waals surface area contributed by atoms with Gasteiger partial charge in [-0.15, -0.1) is 0 Å². The van der Waals surface area contributed by atoms with Crippen LogP contribution in [0.4, 0.5) is 5.69 Å². The first kappa shape index (κ1) is 22.2. The number of rotatable bonds is 7. The summed E-state index contributed by atoms with van der Waals surface area (Å²) in [4.78, 5) is 15.3. The number of nitrogens with one attached hydrogen (secondary N) is 1. The van der Waals surface area contributed by atoms with Crippen molar-refractivity contribution in [2.24, 2.45) is 5.92 Å². The van der Waals surface area contributed by atoms with E-state index in [1.165, 1.54) is 24.1 Å². The highest BCUT2D eigenvalue weighted by Crippen LogP contribution is 2.25. The highest BCUT2D eigenvalue weighted by atomic mass is 16.5. The largest absolute Gasteiger partial charge is 0.480 e. The summed E-state index contributed by atoms with van der Waals surface area (Å²) in [6.07, 6.45) is 2.70. The van der Waals surface area contributed by atoms with E-state index in [4.69, 9.17) is 4.74 Å². The van der Waals surface area contributed by atoms with Crippen LogP contribution in [-0.4, -0.2) is 25.1 Å². The van der Waals surface area contributed by atoms with Crippen LogP contribution in [0.5, 0.6) is 5.75 Å². The van der Waals surface area contributed by atoms with E-state index in [2.05, 4.69) is 54.4 Å². The van der Waals surface area contributed by atoms with Gasteiger partial charge in [0.05, 0.1) is 6.04 Å². The van der Waals surface area contributed by atoms with E-state index < -0.39 is 6.10 Å². The number of ether oxygens (including phenoxy) is 1. The maximum Gasteiger partial charge on any atom is 0.261 e. The number of carbonyl (C=O) groups excluding carboxylic acids is 1. The van der Waals surface area contributed by atoms with Crippen LogP contribution in [0.2, 0.25) is 0 Å². The molecule has 2 aromatic carbocycles. The zero-order valence-electron chi connectivity index (χ0n) is 19.1. The van der Waals surface area contributed by atoms with E-state index >= 15 is 0 Å². The smallest absolute Gasteiger partial charge is 0.261 e. The first-order valence-electron chi connectivity index (χ1n) is 11.3. The molecule has 0 radical (unpaired) electrons. The Labute approximate surface area is 181 Å². The third-order valence-corrected chi connectivity index (χ3v) is 6.26. The summed E-state index contributed by atoms with van der Waals surface area (Å²) in [6, 6.07) is 14.5. The van der Waals surface area contributed by atoms with E-state index in [1.54, 1.807) is 0 Å². The van der Waals surface area contributed by atoms with Crippen LogP contribution in [-0.2, 0) is 4.79 Å². The van der Waals surface area contributed by atoms with Crippen LogP contribution in [0.25, 0.3) is 0 Å². The van der Waals surface area contributed by atoms with Crippen LogP contribution in [0.1, 0.15) is 62.8 Å². The summed E-state index contributed by atoms with van der Waals surface area (Å²) in [6.45, 7) is 12.7. The van der Waals surface area contributed by atoms with Crippen molar-refractivity contribution in [3.8, 4) is 5.75 Å². The molecule has 1 aliphatic heterocycles. The van der Waals surface area contributed by atoms with Crippen LogP contribution < -0.4 is 15.0 Å². The predicted molar refractivity (Wildman–Crippen MR) is 124 cm³/mol. The first-order valence-corrected chi connectivity index (χ1v) is 11.3. The molecule has 0 unspecified atom stereocenters. The second-order valence-electron chi connectivity index (χ2n) is 8.73. The zero-order chi connectivity index (χ0) is 21.7. The van der Waals surface area contributed by atoms with Gasteiger partial charge in [0.15, 0.2) is 6.10 Å². The van der Waals surface area contributed by atoms with Crippen molar-refractivity contribution in [3.05, 3.63) is 59.2 Å². The molecular weight excluding hydrogens is 372 g/mol. The number of piperidine rings is 1. The maximum absolute atomic E-state index is 12.9. The lowest BCUT2D eigenvalue weighted by atomic mass is 9.99. The number of carbonyl (C=O) groups is 1. The summed E-state index contributed by atoms with van der Waals surface area (Å²) in [5.41, 5.74) is 4.63. The van der Waals surface area contributed by atoms with Gasteiger partial charge in [-0.2, -0.15) is 0 Å². The van der Waals surface area contributed by atoms with E-state index in [0.29, 0.717) is 6.42 Å². The number of hydrogen-bond acceptors (Lipinski definition) is 3. The molecule has 0 bridgehead atoms. The van der Waals surface area contributed by atoms with Gasteiger partial charge in [0.1, 0.15) is 5.75 Å². The lowest BCUT2D eigenvalue weighted by molar-refractivity contribution is -0.128. The number of nitrogens with zero attached hydrogens (tertiary/aromatic N) is 1. The Morgan fingerprint density at radius 2 is 1.93 bits per heavy atom. The average molecular weight is 409 g/mol. The number of amides is 1. The van der Waals surface area contributed by atoms with Gasteiger partial charge in [-0.25, -0.2) is 0 Å². The fourth-order valence-corrected chi connectivity index (χ4v) is 4.11. The second-order valence-corrected chi connectivity index (χ2v) is 8.73. The van der Waals surface area contributed by atoms with Crippen molar-refractivity contribution >= 4 is 11.6 Å². The van der Waals surface area contributed by atoms with Crippen LogP contribution >= 0.6 is 0 Å². The standard InChI is InChI=1S/C26H36N2O2/c1-6-24(30-25-11-7-10-19(3)20(25)4)26(29)27-21(5)22-12-14-23(15-13-22)28-16-8-9-18(2)17-28/h7,10-15,18,21,24H,6,8-9,16-17H2,1-5H3,(H,27,29)/t18-,21+,24+/m1/s1. The molecule has 1 aliphatic rings. The van der Waals surface area contributed by atoms with E-state index in [1.807, 2.05) is 32.9 Å². The molecule has 1 amide bonds. The van der Waals surface area contributed by atoms with Gasteiger partial charge in [0, 0.05) is 18.8 Å². The number of hydrogen-bond donors (Lipinski definition) is 1. The lowest BCUT2D eigenvalue weighted by Gasteiger charge is -2.33. The SMILES string of the molecule is CC[C@H](Oc1cccc(C)c1C)C(=O)N[C@@H](C)c1ccc(N2CCC[C@@H](C)C2)cc1. The molecule has 0 saturated carbocycles. The highest BCUT2D eigenvalue weighted by molar-refractivity contribution is 5.81. The van der Waals surface area contributed by atoms with Crippen molar-refractivity contribution in [1.82, 2.24) is 5.32 Å². The lowest BCUT2D eigenvalue weighted by Crippen LogP contribution is -2.39. The van der Waals surface area contributed by atoms with E-state index in [0.717, 1.165) is 35.9 Å². The van der Waals surface area contributed by atoms with Gasteiger partial charge < -0.3 is 15.0 Å². The monoisotopic (exact) mass is 408 g/mol. The topological polar surface area (TPSA) is 41.6 Å². The first-order chi connectivity index (χ1) is 14.4. The number of benzene rings is 2. The molecule has 0 aliphatic carbocycles. The van der Waals surface area contributed by atoms with E-state index in [9.17, 15) is 4.79 Å². The zero-order valence-corrected chi connectivity index (χ0v) is 19.1. The van der Waals surface area contributed by atoms with Crippen LogP contribution in [0, 0.1) is 19.8 Å². The third-order valence-electron chi connectivity index (χ3n) is 6.26. The molecule has 4 nitrogen and oxygen atoms in total. The minimum atomic E-state index is -0.498. The Bertz CT molecular complexity index is 847. The second kappa shape index (κ2) is 10.0. The van der Waals surface area contributed by atoms with Gasteiger partial charge in [-0.1, -0.05) is 38.1 Å². The normalized spacial score (nSPS) is 18.6. The number of anilines is 1. The van der Waals surface area contributed by atoms with Gasteiger partial charge >= 0.3 is 0 Å². The molecule has 0 aromatic heterocycles. The molecule has 30 heavy (non-hydrogen) atoms. The molecule has 162 valence electrons. The summed E-state index contributed by atoms with van der Waals surface area (Å²) in [7, 11) is 0. The Kier molecular flexibility index (Phi) is 7.41. The minimum absolute atomic E-state index is 0.0666. The predicted octanol–water partition coefficient (Wildman–Crippen LogP) is 5.57.